The first kappa shape index (κ1) is 6.47. The van der Waals surface area contributed by atoms with E-state index in [1.54, 1.807) is 0 Å². The predicted octanol–water partition coefficient (Wildman–Crippen LogP) is 1.38. The lowest BCUT2D eigenvalue weighted by atomic mass is 10.9. The summed E-state index contributed by atoms with van der Waals surface area (Å²) < 4.78 is 4.91. The Hall–Kier alpha value is 0.467. The molecule has 6 heavy (non-hydrogen) atoms. The molecule has 0 atom stereocenters. The topological polar surface area (TPSA) is 9.23 Å². The number of hydrogen-bond donors (Lipinski definition) is 0. The zero-order chi connectivity index (χ0) is 4.99. The van der Waals surface area contributed by atoms with Crippen LogP contribution in [0.4, 0.5) is 0 Å². The van der Waals surface area contributed by atoms with Crippen LogP contribution in [0.25, 0.3) is 0 Å². The molecule has 0 fully saturated rings. The fourth-order valence-electron chi connectivity index (χ4n) is 0.199. The summed E-state index contributed by atoms with van der Waals surface area (Å²) in [4.78, 5) is 0. The largest absolute Gasteiger partial charge is 0.403 e. The van der Waals surface area contributed by atoms with E-state index in [0.29, 0.717) is 0 Å². The normalized spacial score (nSPS) is 10.0. The second kappa shape index (κ2) is 3.65. The van der Waals surface area contributed by atoms with Crippen LogP contribution >= 0.6 is 11.1 Å². The average molecular weight is 124 g/mol. The lowest BCUT2D eigenvalue weighted by Crippen LogP contribution is -2.02. The summed E-state index contributed by atoms with van der Waals surface area (Å²) in [7, 11) is -0.913. The predicted molar refractivity (Wildman–Crippen MR) is 29.1 cm³/mol. The second-order valence-electron chi connectivity index (χ2n) is 0.903. The van der Waals surface area contributed by atoms with Gasteiger partial charge in [-0.3, -0.25) is 0 Å². The van der Waals surface area contributed by atoms with Gasteiger partial charge in [0, 0.05) is 6.61 Å². The van der Waals surface area contributed by atoms with E-state index in [2.05, 4.69) is 0 Å². The zero-order valence-corrected chi connectivity index (χ0v) is 5.75. The highest BCUT2D eigenvalue weighted by molar-refractivity contribution is 7.02. The van der Waals surface area contributed by atoms with Crippen molar-refractivity contribution >= 4 is 19.4 Å². The summed E-state index contributed by atoms with van der Waals surface area (Å²) in [5.41, 5.74) is 0. The fourth-order valence-corrected chi connectivity index (χ4v) is 0.924. The standard InChI is InChI=1S/C3H8ClOSi/c1-3-5-6(2)4/h3H2,1-2H3. The first-order valence-electron chi connectivity index (χ1n) is 1.89. The molecule has 37 valence electrons. The summed E-state index contributed by atoms with van der Waals surface area (Å²) in [6, 6.07) is 0. The van der Waals surface area contributed by atoms with Gasteiger partial charge in [0.2, 0.25) is 0 Å². The molecule has 0 heterocycles. The van der Waals surface area contributed by atoms with Crippen molar-refractivity contribution in [1.29, 1.82) is 0 Å². The Balaban J connectivity index is 2.63. The van der Waals surface area contributed by atoms with Gasteiger partial charge in [-0.2, -0.15) is 0 Å². The molecule has 0 aromatic rings. The van der Waals surface area contributed by atoms with Crippen LogP contribution in [-0.2, 0) is 4.43 Å². The molecule has 0 aliphatic rings. The molecule has 0 spiro atoms. The highest BCUT2D eigenvalue weighted by Crippen LogP contribution is 1.87. The van der Waals surface area contributed by atoms with Crippen LogP contribution in [0.15, 0.2) is 0 Å². The Morgan fingerprint density at radius 1 is 1.83 bits per heavy atom. The lowest BCUT2D eigenvalue weighted by Gasteiger charge is -1.94. The van der Waals surface area contributed by atoms with Crippen LogP contribution in [0.1, 0.15) is 6.92 Å². The molecular formula is C3H8ClOSi. The van der Waals surface area contributed by atoms with Gasteiger partial charge in [-0.1, -0.05) is 0 Å². The van der Waals surface area contributed by atoms with Gasteiger partial charge in [-0.25, -0.2) is 0 Å². The van der Waals surface area contributed by atoms with Gasteiger partial charge in [0.05, 0.1) is 0 Å². The summed E-state index contributed by atoms with van der Waals surface area (Å²) >= 11 is 5.46. The van der Waals surface area contributed by atoms with Crippen LogP contribution in [0.2, 0.25) is 6.55 Å². The van der Waals surface area contributed by atoms with Crippen LogP contribution in [0, 0.1) is 0 Å². The summed E-state index contributed by atoms with van der Waals surface area (Å²) in [5.74, 6) is 0. The van der Waals surface area contributed by atoms with Gasteiger partial charge >= 0.3 is 8.35 Å². The Labute approximate surface area is 44.7 Å². The average Bonchev–Trinajstić information content (AvgIpc) is 1.35. The van der Waals surface area contributed by atoms with Gasteiger partial charge in [-0.15, -0.1) is 11.1 Å². The highest BCUT2D eigenvalue weighted by Gasteiger charge is 1.93. The first-order chi connectivity index (χ1) is 2.77. The maximum absolute atomic E-state index is 5.46. The molecule has 0 unspecified atom stereocenters. The van der Waals surface area contributed by atoms with Crippen LogP contribution < -0.4 is 0 Å². The minimum Gasteiger partial charge on any atom is -0.403 e. The molecule has 0 N–H and O–H groups in total. The van der Waals surface area contributed by atoms with Gasteiger partial charge < -0.3 is 4.43 Å². The first-order valence-corrected chi connectivity index (χ1v) is 4.81. The Bertz CT molecular complexity index is 32.0. The molecule has 0 bridgehead atoms. The van der Waals surface area contributed by atoms with Gasteiger partial charge in [0.25, 0.3) is 0 Å². The van der Waals surface area contributed by atoms with Crippen molar-refractivity contribution in [1.82, 2.24) is 0 Å². The Morgan fingerprint density at radius 3 is 2.33 bits per heavy atom. The zero-order valence-electron chi connectivity index (χ0n) is 3.99. The monoisotopic (exact) mass is 123 g/mol. The maximum Gasteiger partial charge on any atom is 0.319 e. The summed E-state index contributed by atoms with van der Waals surface area (Å²) in [6.45, 7) is 4.58. The van der Waals surface area contributed by atoms with Crippen LogP contribution in [0.3, 0.4) is 0 Å². The quantitative estimate of drug-likeness (QED) is 0.398. The van der Waals surface area contributed by atoms with E-state index in [9.17, 15) is 0 Å². The third-order valence-electron chi connectivity index (χ3n) is 0.343. The fraction of sp³-hybridized carbons (Fsp3) is 1.00. The van der Waals surface area contributed by atoms with E-state index in [0.717, 1.165) is 6.61 Å². The molecule has 0 aromatic carbocycles. The molecule has 0 aliphatic carbocycles. The van der Waals surface area contributed by atoms with Crippen molar-refractivity contribution in [2.75, 3.05) is 6.61 Å². The molecule has 3 heteroatoms. The van der Waals surface area contributed by atoms with Crippen LogP contribution in [0.5, 0.6) is 0 Å². The lowest BCUT2D eigenvalue weighted by molar-refractivity contribution is 0.358. The second-order valence-corrected chi connectivity index (χ2v) is 3.73. The van der Waals surface area contributed by atoms with E-state index in [1.807, 2.05) is 13.5 Å². The minimum absolute atomic E-state index is 0.744. The van der Waals surface area contributed by atoms with Crippen molar-refractivity contribution < 1.29 is 4.43 Å². The molecule has 1 radical (unpaired) electrons. The minimum atomic E-state index is -0.913. The van der Waals surface area contributed by atoms with E-state index in [-0.39, 0.29) is 0 Å². The van der Waals surface area contributed by atoms with Crippen molar-refractivity contribution in [2.45, 2.75) is 13.5 Å². The maximum atomic E-state index is 5.46. The summed E-state index contributed by atoms with van der Waals surface area (Å²) in [6.07, 6.45) is 0. The molecule has 0 aromatic heterocycles. The van der Waals surface area contributed by atoms with Crippen molar-refractivity contribution in [3.63, 3.8) is 0 Å². The molecule has 1 nitrogen and oxygen atoms in total. The molecule has 0 saturated carbocycles. The molecule has 0 rings (SSSR count). The third kappa shape index (κ3) is 4.47. The van der Waals surface area contributed by atoms with Gasteiger partial charge in [0.1, 0.15) is 0 Å². The van der Waals surface area contributed by atoms with E-state index < -0.39 is 8.35 Å². The van der Waals surface area contributed by atoms with E-state index >= 15 is 0 Å². The smallest absolute Gasteiger partial charge is 0.319 e. The Morgan fingerprint density at radius 2 is 2.33 bits per heavy atom. The molecular weight excluding hydrogens is 116 g/mol. The number of halogens is 1. The number of rotatable bonds is 2. The van der Waals surface area contributed by atoms with Crippen molar-refractivity contribution in [3.8, 4) is 0 Å². The molecule has 0 saturated heterocycles. The Kier molecular flexibility index (Phi) is 3.93. The van der Waals surface area contributed by atoms with Crippen molar-refractivity contribution in [2.24, 2.45) is 0 Å². The van der Waals surface area contributed by atoms with E-state index in [1.165, 1.54) is 0 Å². The molecule has 0 aliphatic heterocycles. The molecule has 0 amide bonds. The van der Waals surface area contributed by atoms with Crippen LogP contribution in [-0.4, -0.2) is 15.0 Å². The van der Waals surface area contributed by atoms with E-state index in [4.69, 9.17) is 15.5 Å². The number of hydrogen-bond acceptors (Lipinski definition) is 1. The highest BCUT2D eigenvalue weighted by atomic mass is 35.6. The van der Waals surface area contributed by atoms with Gasteiger partial charge in [-0.05, 0) is 13.5 Å². The SMILES string of the molecule is CCO[Si](C)Cl. The van der Waals surface area contributed by atoms with Crippen molar-refractivity contribution in [3.05, 3.63) is 0 Å². The third-order valence-corrected chi connectivity index (χ3v) is 1.36. The summed E-state index contributed by atoms with van der Waals surface area (Å²) in [5, 5.41) is 0. The van der Waals surface area contributed by atoms with Gasteiger partial charge in [0.15, 0.2) is 0 Å².